The number of β-amino-alcohol motifs (C(OH)–C–C–N with tert-alkyl or cyclic N) is 1. The number of aliphatic hydroxyl groups is 1. The van der Waals surface area contributed by atoms with E-state index in [9.17, 15) is 5.11 Å². The highest BCUT2D eigenvalue weighted by atomic mass is 16.5. The van der Waals surface area contributed by atoms with Crippen LogP contribution in [0.4, 0.5) is 0 Å². The summed E-state index contributed by atoms with van der Waals surface area (Å²) in [4.78, 5) is 24.1. The lowest BCUT2D eigenvalue weighted by molar-refractivity contribution is -0.123. The van der Waals surface area contributed by atoms with E-state index in [1.54, 1.807) is 0 Å². The molecule has 36 heavy (non-hydrogen) atoms. The maximum atomic E-state index is 10.6. The molecular weight excluding hydrogens is 466 g/mol. The summed E-state index contributed by atoms with van der Waals surface area (Å²) in [5, 5.41) is 24.3. The van der Waals surface area contributed by atoms with Crippen LogP contribution in [0.5, 0.6) is 5.75 Å². The fraction of sp³-hybridized carbons (Fsp3) is 0.692. The van der Waals surface area contributed by atoms with Gasteiger partial charge in [0.2, 0.25) is 0 Å². The van der Waals surface area contributed by atoms with Gasteiger partial charge >= 0.3 is 0 Å². The second kappa shape index (κ2) is 14.5. The van der Waals surface area contributed by atoms with Crippen molar-refractivity contribution >= 4 is 12.9 Å². The molecule has 5 atom stereocenters. The Balaban J connectivity index is 0.000000550. The van der Waals surface area contributed by atoms with Crippen LogP contribution in [-0.4, -0.2) is 121 Å². The maximum absolute atomic E-state index is 10.6. The normalized spacial score (nSPS) is 28.6. The second-order valence-corrected chi connectivity index (χ2v) is 10.1. The fourth-order valence-corrected chi connectivity index (χ4v) is 5.99. The van der Waals surface area contributed by atoms with Gasteiger partial charge < -0.3 is 29.7 Å². The highest BCUT2D eigenvalue weighted by molar-refractivity contribution is 5.33. The molecule has 202 valence electrons. The summed E-state index contributed by atoms with van der Waals surface area (Å²) in [6, 6.07) is 8.38. The van der Waals surface area contributed by atoms with E-state index in [1.807, 2.05) is 6.07 Å². The van der Waals surface area contributed by atoms with Crippen LogP contribution in [-0.2, 0) is 20.9 Å². The molecule has 4 aliphatic rings. The number of likely N-dealkylation sites (tertiary alicyclic amines) is 1. The molecule has 4 aliphatic heterocycles. The molecule has 0 aromatic heterocycles. The van der Waals surface area contributed by atoms with Crippen molar-refractivity contribution in [2.24, 2.45) is 11.8 Å². The average molecular weight is 508 g/mol. The minimum atomic E-state index is -0.452. The van der Waals surface area contributed by atoms with Crippen LogP contribution in [0.15, 0.2) is 24.3 Å². The molecule has 1 aromatic rings. The predicted molar refractivity (Wildman–Crippen MR) is 134 cm³/mol. The number of hydrogen-bond donors (Lipinski definition) is 3. The van der Waals surface area contributed by atoms with Crippen molar-refractivity contribution in [2.75, 3.05) is 59.5 Å². The van der Waals surface area contributed by atoms with Crippen LogP contribution >= 0.6 is 0 Å². The van der Waals surface area contributed by atoms with Gasteiger partial charge in [-0.25, -0.2) is 0 Å². The highest BCUT2D eigenvalue weighted by Crippen LogP contribution is 2.47. The topological polar surface area (TPSA) is 123 Å². The van der Waals surface area contributed by atoms with Gasteiger partial charge in [-0.1, -0.05) is 12.1 Å². The number of nitrogens with zero attached hydrogens (tertiary/aromatic N) is 3. The largest absolute Gasteiger partial charge is 0.491 e. The molecule has 1 aromatic carbocycles. The number of hydrogen-bond acceptors (Lipinski definition) is 8. The zero-order valence-electron chi connectivity index (χ0n) is 21.2. The number of rotatable bonds is 7. The Morgan fingerprint density at radius 1 is 1.03 bits per heavy atom. The SMILES string of the molecule is CN1CCCN(Cc2cccc(OCC(O)CN3C[C@@H]4[C@H](C3)[C@H]3CC[C@@H]4O3)c2)CC1.O=CO.O=CO. The summed E-state index contributed by atoms with van der Waals surface area (Å²) in [6.45, 7) is 8.25. The van der Waals surface area contributed by atoms with Crippen LogP contribution in [0, 0.1) is 11.8 Å². The molecule has 2 bridgehead atoms. The van der Waals surface area contributed by atoms with Gasteiger partial charge in [0, 0.05) is 51.1 Å². The van der Waals surface area contributed by atoms with Gasteiger partial charge in [-0.2, -0.15) is 0 Å². The molecule has 10 heteroatoms. The van der Waals surface area contributed by atoms with Crippen LogP contribution in [0.3, 0.4) is 0 Å². The third-order valence-electron chi connectivity index (χ3n) is 7.56. The first-order chi connectivity index (χ1) is 17.5. The summed E-state index contributed by atoms with van der Waals surface area (Å²) in [5.74, 6) is 2.24. The Labute approximate surface area is 213 Å². The molecule has 0 amide bonds. The molecule has 4 fully saturated rings. The van der Waals surface area contributed by atoms with Crippen molar-refractivity contribution < 1.29 is 34.4 Å². The standard InChI is InChI=1S/C24H37N3O3.2CH2O2/c1-25-8-3-9-26(11-10-25)13-18-4-2-5-20(12-18)29-17-19(28)14-27-15-21-22(16-27)24-7-6-23(21)30-24;2*2-1-3/h2,4-5,12,19,21-24,28H,3,6-11,13-17H2,1H3;2*1H,(H,2,3)/t19?,21-,22+,23+,24-;;. The van der Waals surface area contributed by atoms with Gasteiger partial charge in [0.1, 0.15) is 18.5 Å². The van der Waals surface area contributed by atoms with Crippen LogP contribution in [0.25, 0.3) is 0 Å². The van der Waals surface area contributed by atoms with E-state index < -0.39 is 6.10 Å². The summed E-state index contributed by atoms with van der Waals surface area (Å²) < 4.78 is 12.0. The van der Waals surface area contributed by atoms with Crippen LogP contribution in [0.2, 0.25) is 0 Å². The van der Waals surface area contributed by atoms with E-state index in [0.29, 0.717) is 37.2 Å². The van der Waals surface area contributed by atoms with Crippen LogP contribution < -0.4 is 4.74 Å². The van der Waals surface area contributed by atoms with E-state index >= 15 is 0 Å². The molecule has 4 heterocycles. The highest BCUT2D eigenvalue weighted by Gasteiger charge is 2.52. The Morgan fingerprint density at radius 3 is 2.36 bits per heavy atom. The molecule has 5 rings (SSSR count). The van der Waals surface area contributed by atoms with E-state index in [1.165, 1.54) is 31.4 Å². The molecule has 0 spiro atoms. The smallest absolute Gasteiger partial charge is 0.290 e. The van der Waals surface area contributed by atoms with Gasteiger partial charge in [-0.15, -0.1) is 0 Å². The number of carboxylic acid groups (broad SMARTS) is 2. The van der Waals surface area contributed by atoms with Gasteiger partial charge in [0.15, 0.2) is 0 Å². The minimum Gasteiger partial charge on any atom is -0.491 e. The molecule has 3 N–H and O–H groups in total. The van der Waals surface area contributed by atoms with Crippen molar-refractivity contribution in [3.05, 3.63) is 29.8 Å². The minimum absolute atomic E-state index is 0.250. The van der Waals surface area contributed by atoms with Crippen molar-refractivity contribution in [1.29, 1.82) is 0 Å². The first-order valence-corrected chi connectivity index (χ1v) is 12.8. The number of likely N-dealkylation sites (N-methyl/N-ethyl adjacent to an activating group) is 1. The summed E-state index contributed by atoms with van der Waals surface area (Å²) >= 11 is 0. The average Bonchev–Trinajstić information content (AvgIpc) is 3.53. The number of aliphatic hydroxyl groups excluding tert-OH is 1. The zero-order valence-corrected chi connectivity index (χ0v) is 21.2. The van der Waals surface area contributed by atoms with E-state index in [2.05, 4.69) is 39.9 Å². The van der Waals surface area contributed by atoms with Crippen molar-refractivity contribution in [3.63, 3.8) is 0 Å². The number of carbonyl (C=O) groups is 2. The molecule has 0 aliphatic carbocycles. The summed E-state index contributed by atoms with van der Waals surface area (Å²) in [5.41, 5.74) is 1.29. The molecule has 4 saturated heterocycles. The molecule has 10 nitrogen and oxygen atoms in total. The monoisotopic (exact) mass is 507 g/mol. The van der Waals surface area contributed by atoms with Gasteiger partial charge in [-0.3, -0.25) is 19.4 Å². The lowest BCUT2D eigenvalue weighted by atomic mass is 9.82. The molecular formula is C26H41N3O7. The van der Waals surface area contributed by atoms with Gasteiger partial charge in [-0.05, 0) is 57.1 Å². The first-order valence-electron chi connectivity index (χ1n) is 12.8. The van der Waals surface area contributed by atoms with E-state index in [4.69, 9.17) is 29.3 Å². The Bertz CT molecular complexity index is 789. The Hall–Kier alpha value is -2.24. The summed E-state index contributed by atoms with van der Waals surface area (Å²) in [7, 11) is 2.20. The third kappa shape index (κ3) is 8.14. The van der Waals surface area contributed by atoms with Crippen molar-refractivity contribution in [1.82, 2.24) is 14.7 Å². The number of benzene rings is 1. The zero-order chi connectivity index (χ0) is 25.9. The first kappa shape index (κ1) is 28.3. The van der Waals surface area contributed by atoms with E-state index in [0.717, 1.165) is 45.0 Å². The third-order valence-corrected chi connectivity index (χ3v) is 7.56. The van der Waals surface area contributed by atoms with E-state index in [-0.39, 0.29) is 12.9 Å². The number of fused-ring (bicyclic) bond motifs is 5. The van der Waals surface area contributed by atoms with Crippen LogP contribution in [0.1, 0.15) is 24.8 Å². The lowest BCUT2D eigenvalue weighted by Gasteiger charge is -2.22. The maximum Gasteiger partial charge on any atom is 0.290 e. The van der Waals surface area contributed by atoms with Gasteiger partial charge in [0.25, 0.3) is 12.9 Å². The van der Waals surface area contributed by atoms with Gasteiger partial charge in [0.05, 0.1) is 12.2 Å². The predicted octanol–water partition coefficient (Wildman–Crippen LogP) is 1.07. The van der Waals surface area contributed by atoms with Crippen molar-refractivity contribution in [2.45, 2.75) is 44.1 Å². The molecule has 0 saturated carbocycles. The fourth-order valence-electron chi connectivity index (χ4n) is 5.99. The summed E-state index contributed by atoms with van der Waals surface area (Å²) in [6.07, 6.45) is 4.19. The van der Waals surface area contributed by atoms with Crippen molar-refractivity contribution in [3.8, 4) is 5.75 Å². The lowest BCUT2D eigenvalue weighted by Crippen LogP contribution is -2.35. The molecule has 1 unspecified atom stereocenters. The Morgan fingerprint density at radius 2 is 1.69 bits per heavy atom. The quantitative estimate of drug-likeness (QED) is 0.462. The second-order valence-electron chi connectivity index (χ2n) is 10.1. The number of ether oxygens (including phenoxy) is 2. The Kier molecular flexibility index (Phi) is 11.4. The molecule has 0 radical (unpaired) electrons.